The molecule has 5 nitrogen and oxygen atoms in total. The van der Waals surface area contributed by atoms with Crippen molar-refractivity contribution in [2.45, 2.75) is 51.9 Å². The van der Waals surface area contributed by atoms with Gasteiger partial charge in [0, 0.05) is 22.7 Å². The molecule has 6 heteroatoms. The molecule has 0 spiro atoms. The summed E-state index contributed by atoms with van der Waals surface area (Å²) in [5.41, 5.74) is 4.27. The first kappa shape index (κ1) is 21.4. The van der Waals surface area contributed by atoms with Crippen LogP contribution in [0.15, 0.2) is 45.8 Å². The molecule has 29 heavy (non-hydrogen) atoms. The largest absolute Gasteiger partial charge is 0.497 e. The number of ether oxygens (including phenoxy) is 2. The van der Waals surface area contributed by atoms with Crippen molar-refractivity contribution < 1.29 is 9.47 Å². The van der Waals surface area contributed by atoms with Gasteiger partial charge in [-0.3, -0.25) is 4.99 Å². The molecule has 0 radical (unpaired) electrons. The van der Waals surface area contributed by atoms with Gasteiger partial charge >= 0.3 is 0 Å². The molecule has 0 bridgehead atoms. The van der Waals surface area contributed by atoms with Gasteiger partial charge in [-0.2, -0.15) is 5.10 Å². The molecule has 0 aliphatic heterocycles. The Morgan fingerprint density at radius 2 is 1.83 bits per heavy atom. The Hall–Kier alpha value is -2.34. The lowest BCUT2D eigenvalue weighted by atomic mass is 9.99. The third-order valence-corrected chi connectivity index (χ3v) is 5.88. The summed E-state index contributed by atoms with van der Waals surface area (Å²) >= 11 is 1.60. The fraction of sp³-hybridized carbons (Fsp3) is 0.478. The lowest BCUT2D eigenvalue weighted by Gasteiger charge is -2.14. The van der Waals surface area contributed by atoms with Crippen LogP contribution >= 0.6 is 11.3 Å². The van der Waals surface area contributed by atoms with Gasteiger partial charge in [0.15, 0.2) is 0 Å². The second-order valence-corrected chi connectivity index (χ2v) is 8.33. The molecule has 1 fully saturated rings. The minimum Gasteiger partial charge on any atom is -0.497 e. The highest BCUT2D eigenvalue weighted by Gasteiger charge is 2.15. The first-order chi connectivity index (χ1) is 14.1. The van der Waals surface area contributed by atoms with Gasteiger partial charge in [0.05, 0.1) is 26.5 Å². The highest BCUT2D eigenvalue weighted by atomic mass is 32.1. The molecule has 1 saturated carbocycles. The SMILES string of the molecule is C=C(C)CN=c1scc(-c2ccc(OC)cc2OC)n1N=C1CCCCCCC1. The van der Waals surface area contributed by atoms with E-state index < -0.39 is 0 Å². The fourth-order valence-corrected chi connectivity index (χ4v) is 4.28. The van der Waals surface area contributed by atoms with Gasteiger partial charge in [-0.1, -0.05) is 31.4 Å². The molecule has 0 N–H and O–H groups in total. The number of hydrogen-bond acceptors (Lipinski definition) is 5. The molecule has 3 rings (SSSR count). The normalized spacial score (nSPS) is 15.6. The minimum atomic E-state index is 0.602. The van der Waals surface area contributed by atoms with Crippen molar-refractivity contribution in [1.82, 2.24) is 4.68 Å². The quantitative estimate of drug-likeness (QED) is 0.574. The predicted octanol–water partition coefficient (Wildman–Crippen LogP) is 5.66. The Balaban J connectivity index is 2.10. The first-order valence-corrected chi connectivity index (χ1v) is 11.1. The molecule has 0 unspecified atom stereocenters. The summed E-state index contributed by atoms with van der Waals surface area (Å²) in [7, 11) is 3.34. The van der Waals surface area contributed by atoms with E-state index in [2.05, 4.69) is 12.0 Å². The van der Waals surface area contributed by atoms with Crippen LogP contribution < -0.4 is 14.3 Å². The molecular formula is C23H31N3O2S. The number of nitrogens with zero attached hydrogens (tertiary/aromatic N) is 3. The summed E-state index contributed by atoms with van der Waals surface area (Å²) in [6.07, 6.45) is 8.46. The van der Waals surface area contributed by atoms with Crippen LogP contribution in [-0.4, -0.2) is 31.2 Å². The predicted molar refractivity (Wildman–Crippen MR) is 121 cm³/mol. The summed E-state index contributed by atoms with van der Waals surface area (Å²) in [5.74, 6) is 1.53. The Bertz CT molecular complexity index is 930. The van der Waals surface area contributed by atoms with Gasteiger partial charge in [-0.25, -0.2) is 4.68 Å². The molecular weight excluding hydrogens is 382 g/mol. The first-order valence-electron chi connectivity index (χ1n) is 10.3. The van der Waals surface area contributed by atoms with E-state index in [1.807, 2.05) is 29.8 Å². The van der Waals surface area contributed by atoms with Crippen LogP contribution in [0.2, 0.25) is 0 Å². The standard InChI is InChI=1S/C23H31N3O2S/c1-17(2)15-24-23-26(25-18-10-8-6-5-7-9-11-18)21(16-29-23)20-13-12-19(27-3)14-22(20)28-4/h12-14,16H,1,5-11,15H2,2-4H3. The average molecular weight is 414 g/mol. The Kier molecular flexibility index (Phi) is 7.69. The summed E-state index contributed by atoms with van der Waals surface area (Å²) < 4.78 is 13.0. The Morgan fingerprint density at radius 3 is 2.48 bits per heavy atom. The number of thiazole rings is 1. The maximum atomic E-state index is 5.65. The summed E-state index contributed by atoms with van der Waals surface area (Å²) in [6.45, 7) is 6.58. The van der Waals surface area contributed by atoms with Gasteiger partial charge < -0.3 is 9.47 Å². The fourth-order valence-electron chi connectivity index (χ4n) is 3.46. The molecule has 156 valence electrons. The van der Waals surface area contributed by atoms with E-state index in [4.69, 9.17) is 19.6 Å². The average Bonchev–Trinajstić information content (AvgIpc) is 3.09. The second kappa shape index (κ2) is 10.4. The van der Waals surface area contributed by atoms with Crippen molar-refractivity contribution in [2.24, 2.45) is 10.1 Å². The van der Waals surface area contributed by atoms with Crippen LogP contribution in [0.4, 0.5) is 0 Å². The zero-order valence-electron chi connectivity index (χ0n) is 17.7. The van der Waals surface area contributed by atoms with E-state index in [9.17, 15) is 0 Å². The Morgan fingerprint density at radius 1 is 1.10 bits per heavy atom. The van der Waals surface area contributed by atoms with Gasteiger partial charge in [0.2, 0.25) is 4.80 Å². The van der Waals surface area contributed by atoms with Crippen LogP contribution in [0.3, 0.4) is 0 Å². The van der Waals surface area contributed by atoms with E-state index in [0.29, 0.717) is 6.54 Å². The van der Waals surface area contributed by atoms with Crippen LogP contribution in [0, 0.1) is 0 Å². The molecule has 0 saturated heterocycles. The molecule has 0 atom stereocenters. The smallest absolute Gasteiger partial charge is 0.206 e. The third kappa shape index (κ3) is 5.60. The van der Waals surface area contributed by atoms with Crippen molar-refractivity contribution in [3.05, 3.63) is 40.5 Å². The topological polar surface area (TPSA) is 48.1 Å². The maximum Gasteiger partial charge on any atom is 0.206 e. The molecule has 2 aromatic rings. The third-order valence-electron chi connectivity index (χ3n) is 5.03. The zero-order chi connectivity index (χ0) is 20.6. The number of methoxy groups -OCH3 is 2. The van der Waals surface area contributed by atoms with E-state index in [1.165, 1.54) is 37.8 Å². The van der Waals surface area contributed by atoms with Crippen LogP contribution in [-0.2, 0) is 0 Å². The monoisotopic (exact) mass is 413 g/mol. The highest BCUT2D eigenvalue weighted by Crippen LogP contribution is 2.33. The molecule has 1 aliphatic rings. The number of aromatic nitrogens is 1. The van der Waals surface area contributed by atoms with Crippen molar-refractivity contribution >= 4 is 17.0 Å². The number of rotatable bonds is 6. The van der Waals surface area contributed by atoms with E-state index >= 15 is 0 Å². The van der Waals surface area contributed by atoms with Crippen LogP contribution in [0.25, 0.3) is 11.3 Å². The van der Waals surface area contributed by atoms with Crippen molar-refractivity contribution in [1.29, 1.82) is 0 Å². The number of benzene rings is 1. The minimum absolute atomic E-state index is 0.602. The number of hydrogen-bond donors (Lipinski definition) is 0. The van der Waals surface area contributed by atoms with Gasteiger partial charge in [-0.15, -0.1) is 11.3 Å². The lowest BCUT2D eigenvalue weighted by Crippen LogP contribution is -2.16. The zero-order valence-corrected chi connectivity index (χ0v) is 18.6. The van der Waals surface area contributed by atoms with Gasteiger partial charge in [0.25, 0.3) is 0 Å². The van der Waals surface area contributed by atoms with Crippen LogP contribution in [0.1, 0.15) is 51.9 Å². The molecule has 1 aromatic carbocycles. The van der Waals surface area contributed by atoms with E-state index in [1.54, 1.807) is 25.6 Å². The van der Waals surface area contributed by atoms with Crippen molar-refractivity contribution in [3.63, 3.8) is 0 Å². The van der Waals surface area contributed by atoms with E-state index in [-0.39, 0.29) is 0 Å². The van der Waals surface area contributed by atoms with Crippen molar-refractivity contribution in [2.75, 3.05) is 20.8 Å². The summed E-state index contributed by atoms with van der Waals surface area (Å²) in [6, 6.07) is 5.88. The highest BCUT2D eigenvalue weighted by molar-refractivity contribution is 7.07. The molecule has 1 heterocycles. The molecule has 0 amide bonds. The maximum absolute atomic E-state index is 5.65. The summed E-state index contributed by atoms with van der Waals surface area (Å²) in [5, 5.41) is 7.19. The molecule has 1 aromatic heterocycles. The second-order valence-electron chi connectivity index (χ2n) is 7.49. The molecule has 1 aliphatic carbocycles. The summed E-state index contributed by atoms with van der Waals surface area (Å²) in [4.78, 5) is 5.64. The lowest BCUT2D eigenvalue weighted by molar-refractivity contribution is 0.395. The Labute approximate surface area is 177 Å². The van der Waals surface area contributed by atoms with E-state index in [0.717, 1.165) is 46.0 Å². The van der Waals surface area contributed by atoms with Gasteiger partial charge in [-0.05, 0) is 44.7 Å². The van der Waals surface area contributed by atoms with Gasteiger partial charge in [0.1, 0.15) is 11.5 Å². The van der Waals surface area contributed by atoms with Crippen molar-refractivity contribution in [3.8, 4) is 22.8 Å². The van der Waals surface area contributed by atoms with Crippen LogP contribution in [0.5, 0.6) is 11.5 Å².